The molecule has 21 heavy (non-hydrogen) atoms. The molecule has 0 atom stereocenters. The number of anilines is 1. The molecule has 4 nitrogen and oxygen atoms in total. The summed E-state index contributed by atoms with van der Waals surface area (Å²) >= 11 is 0. The summed E-state index contributed by atoms with van der Waals surface area (Å²) in [5, 5.41) is 7.60. The van der Waals surface area contributed by atoms with Crippen molar-refractivity contribution in [3.63, 3.8) is 0 Å². The lowest BCUT2D eigenvalue weighted by Crippen LogP contribution is -2.21. The number of hydrogen-bond donors (Lipinski definition) is 1. The van der Waals surface area contributed by atoms with Crippen molar-refractivity contribution in [2.24, 2.45) is 0 Å². The van der Waals surface area contributed by atoms with Gasteiger partial charge in [-0.25, -0.2) is 0 Å². The summed E-state index contributed by atoms with van der Waals surface area (Å²) in [5.74, 6) is 0.921. The maximum Gasteiger partial charge on any atom is 0.156 e. The molecule has 1 fully saturated rings. The molecule has 2 aromatic rings. The molecular formula is C17H23N3O. The Kier molecular flexibility index (Phi) is 4.25. The summed E-state index contributed by atoms with van der Waals surface area (Å²) in [5.41, 5.74) is 3.50. The number of aryl methyl sites for hydroxylation is 1. The molecule has 0 aliphatic heterocycles. The molecule has 0 spiro atoms. The lowest BCUT2D eigenvalue weighted by molar-refractivity contribution is 0.373. The van der Waals surface area contributed by atoms with Gasteiger partial charge in [0.05, 0.1) is 12.2 Å². The van der Waals surface area contributed by atoms with E-state index in [0.717, 1.165) is 31.1 Å². The van der Waals surface area contributed by atoms with Crippen LogP contribution in [0.25, 0.3) is 0 Å². The molecule has 112 valence electrons. The second kappa shape index (κ2) is 6.31. The first-order valence-electron chi connectivity index (χ1n) is 7.74. The van der Waals surface area contributed by atoms with Crippen LogP contribution in [0.2, 0.25) is 0 Å². The highest BCUT2D eigenvalue weighted by Crippen LogP contribution is 2.20. The van der Waals surface area contributed by atoms with Crippen LogP contribution in [0.15, 0.2) is 34.9 Å². The van der Waals surface area contributed by atoms with E-state index in [1.165, 1.54) is 24.1 Å². The van der Waals surface area contributed by atoms with E-state index in [2.05, 4.69) is 59.6 Å². The van der Waals surface area contributed by atoms with Gasteiger partial charge in [-0.2, -0.15) is 0 Å². The Morgan fingerprint density at radius 3 is 2.71 bits per heavy atom. The van der Waals surface area contributed by atoms with Crippen molar-refractivity contribution in [2.45, 2.75) is 45.8 Å². The summed E-state index contributed by atoms with van der Waals surface area (Å²) in [6.07, 6.45) is 2.59. The summed E-state index contributed by atoms with van der Waals surface area (Å²) in [4.78, 5) is 2.29. The fourth-order valence-corrected chi connectivity index (χ4v) is 2.38. The predicted octanol–water partition coefficient (Wildman–Crippen LogP) is 3.26. The third kappa shape index (κ3) is 3.85. The zero-order valence-corrected chi connectivity index (χ0v) is 12.8. The van der Waals surface area contributed by atoms with Gasteiger partial charge in [0.15, 0.2) is 5.76 Å². The van der Waals surface area contributed by atoms with Crippen molar-refractivity contribution in [1.29, 1.82) is 0 Å². The minimum absolute atomic E-state index is 0.699. The number of benzene rings is 1. The monoisotopic (exact) mass is 285 g/mol. The topological polar surface area (TPSA) is 41.3 Å². The molecule has 1 N–H and O–H groups in total. The SMILES string of the molecule is CCN(Cc1cc(CNC2CC2)no1)c1ccc(C)cc1. The van der Waals surface area contributed by atoms with Crippen LogP contribution in [-0.4, -0.2) is 17.7 Å². The van der Waals surface area contributed by atoms with Gasteiger partial charge in [0.1, 0.15) is 0 Å². The summed E-state index contributed by atoms with van der Waals surface area (Å²) in [6, 6.07) is 11.4. The first-order chi connectivity index (χ1) is 10.2. The van der Waals surface area contributed by atoms with Gasteiger partial charge in [-0.05, 0) is 38.8 Å². The highest BCUT2D eigenvalue weighted by atomic mass is 16.5. The number of nitrogens with zero attached hydrogens (tertiary/aromatic N) is 2. The van der Waals surface area contributed by atoms with E-state index in [4.69, 9.17) is 4.52 Å². The minimum atomic E-state index is 0.699. The van der Waals surface area contributed by atoms with Crippen LogP contribution in [0.3, 0.4) is 0 Å². The largest absolute Gasteiger partial charge is 0.364 e. The molecule has 1 aromatic heterocycles. The Hall–Kier alpha value is -1.81. The molecule has 0 bridgehead atoms. The molecular weight excluding hydrogens is 262 g/mol. The third-order valence-corrected chi connectivity index (χ3v) is 3.88. The molecule has 1 aliphatic rings. The van der Waals surface area contributed by atoms with Gasteiger partial charge in [-0.1, -0.05) is 22.9 Å². The van der Waals surface area contributed by atoms with Gasteiger partial charge >= 0.3 is 0 Å². The molecule has 1 aromatic carbocycles. The smallest absolute Gasteiger partial charge is 0.156 e. The molecule has 1 saturated carbocycles. The van der Waals surface area contributed by atoms with Crippen molar-refractivity contribution in [3.8, 4) is 0 Å². The molecule has 0 unspecified atom stereocenters. The average Bonchev–Trinajstić information content (AvgIpc) is 3.23. The fourth-order valence-electron chi connectivity index (χ4n) is 2.38. The Bertz CT molecular complexity index is 572. The van der Waals surface area contributed by atoms with Crippen LogP contribution >= 0.6 is 0 Å². The second-order valence-electron chi connectivity index (χ2n) is 5.79. The predicted molar refractivity (Wildman–Crippen MR) is 84.3 cm³/mol. The van der Waals surface area contributed by atoms with E-state index < -0.39 is 0 Å². The van der Waals surface area contributed by atoms with Crippen LogP contribution in [-0.2, 0) is 13.1 Å². The molecule has 1 aliphatic carbocycles. The molecule has 0 saturated heterocycles. The molecule has 1 heterocycles. The summed E-state index contributed by atoms with van der Waals surface area (Å²) in [6.45, 7) is 6.78. The molecule has 0 amide bonds. The normalized spacial score (nSPS) is 14.4. The van der Waals surface area contributed by atoms with Gasteiger partial charge in [0.2, 0.25) is 0 Å². The van der Waals surface area contributed by atoms with E-state index in [1.54, 1.807) is 0 Å². The highest BCUT2D eigenvalue weighted by Gasteiger charge is 2.20. The van der Waals surface area contributed by atoms with Crippen molar-refractivity contribution < 1.29 is 4.52 Å². The van der Waals surface area contributed by atoms with Gasteiger partial charge in [0, 0.05) is 30.9 Å². The maximum atomic E-state index is 5.46. The van der Waals surface area contributed by atoms with Gasteiger partial charge in [-0.15, -0.1) is 0 Å². The lowest BCUT2D eigenvalue weighted by Gasteiger charge is -2.21. The Balaban J connectivity index is 1.61. The van der Waals surface area contributed by atoms with E-state index >= 15 is 0 Å². The van der Waals surface area contributed by atoms with E-state index in [9.17, 15) is 0 Å². The van der Waals surface area contributed by atoms with E-state index in [1.807, 2.05) is 0 Å². The maximum absolute atomic E-state index is 5.46. The number of hydrogen-bond acceptors (Lipinski definition) is 4. The van der Waals surface area contributed by atoms with E-state index in [0.29, 0.717) is 6.04 Å². The van der Waals surface area contributed by atoms with Gasteiger partial charge < -0.3 is 14.7 Å². The van der Waals surface area contributed by atoms with Crippen molar-refractivity contribution in [2.75, 3.05) is 11.4 Å². The van der Waals surface area contributed by atoms with E-state index in [-0.39, 0.29) is 0 Å². The minimum Gasteiger partial charge on any atom is -0.364 e. The first kappa shape index (κ1) is 14.1. The van der Waals surface area contributed by atoms with Crippen LogP contribution in [0.4, 0.5) is 5.69 Å². The molecule has 3 rings (SSSR count). The Morgan fingerprint density at radius 2 is 2.05 bits per heavy atom. The van der Waals surface area contributed by atoms with Crippen molar-refractivity contribution >= 4 is 5.69 Å². The molecule has 0 radical (unpaired) electrons. The highest BCUT2D eigenvalue weighted by molar-refractivity contribution is 5.47. The average molecular weight is 285 g/mol. The quantitative estimate of drug-likeness (QED) is 0.848. The third-order valence-electron chi connectivity index (χ3n) is 3.88. The van der Waals surface area contributed by atoms with Crippen LogP contribution < -0.4 is 10.2 Å². The van der Waals surface area contributed by atoms with Gasteiger partial charge in [-0.3, -0.25) is 0 Å². The summed E-state index contributed by atoms with van der Waals surface area (Å²) in [7, 11) is 0. The Labute approximate surface area is 126 Å². The van der Waals surface area contributed by atoms with Gasteiger partial charge in [0.25, 0.3) is 0 Å². The van der Waals surface area contributed by atoms with Crippen molar-refractivity contribution in [1.82, 2.24) is 10.5 Å². The molecule has 4 heteroatoms. The second-order valence-corrected chi connectivity index (χ2v) is 5.79. The first-order valence-corrected chi connectivity index (χ1v) is 7.74. The van der Waals surface area contributed by atoms with Crippen LogP contribution in [0, 0.1) is 6.92 Å². The number of nitrogens with one attached hydrogen (secondary N) is 1. The summed E-state index contributed by atoms with van der Waals surface area (Å²) < 4.78 is 5.46. The number of rotatable bonds is 7. The van der Waals surface area contributed by atoms with Crippen molar-refractivity contribution in [3.05, 3.63) is 47.3 Å². The van der Waals surface area contributed by atoms with Crippen LogP contribution in [0.5, 0.6) is 0 Å². The lowest BCUT2D eigenvalue weighted by atomic mass is 10.2. The zero-order valence-electron chi connectivity index (χ0n) is 12.8. The standard InChI is InChI=1S/C17H23N3O/c1-3-20(16-8-4-13(2)5-9-16)12-17-10-15(19-21-17)11-18-14-6-7-14/h4-5,8-10,14,18H,3,6-7,11-12H2,1-2H3. The fraction of sp³-hybridized carbons (Fsp3) is 0.471. The zero-order chi connectivity index (χ0) is 14.7. The van der Waals surface area contributed by atoms with Crippen LogP contribution in [0.1, 0.15) is 36.8 Å². The Morgan fingerprint density at radius 1 is 1.29 bits per heavy atom. The number of aromatic nitrogens is 1.